The van der Waals surface area contributed by atoms with Crippen LogP contribution in [0.1, 0.15) is 31.4 Å². The molecule has 0 saturated carbocycles. The predicted molar refractivity (Wildman–Crippen MR) is 68.3 cm³/mol. The van der Waals surface area contributed by atoms with E-state index in [1.54, 1.807) is 0 Å². The fraction of sp³-hybridized carbons (Fsp3) is 0.429. The fourth-order valence-electron chi connectivity index (χ4n) is 2.27. The van der Waals surface area contributed by atoms with Gasteiger partial charge in [0.1, 0.15) is 0 Å². The summed E-state index contributed by atoms with van der Waals surface area (Å²) in [5, 5.41) is 0. The first kappa shape index (κ1) is 12.8. The lowest BCUT2D eigenvalue weighted by molar-refractivity contribution is -0.141. The molecule has 96 valence electrons. The van der Waals surface area contributed by atoms with Gasteiger partial charge in [-0.2, -0.15) is 0 Å². The lowest BCUT2D eigenvalue weighted by atomic mass is 9.92. The summed E-state index contributed by atoms with van der Waals surface area (Å²) in [5.74, 6) is -0.198. The van der Waals surface area contributed by atoms with Gasteiger partial charge in [0, 0.05) is 13.0 Å². The zero-order valence-electron chi connectivity index (χ0n) is 10.8. The standard InChI is InChI=1S/C14H18N2O2/c1-14(2)7-12(17)16(13(14)18)9-11-6-4-3-5-10(11)8-15/h3-6H,7-9,15H2,1-2H3. The van der Waals surface area contributed by atoms with Crippen molar-refractivity contribution in [1.82, 2.24) is 4.90 Å². The number of nitrogens with two attached hydrogens (primary N) is 1. The summed E-state index contributed by atoms with van der Waals surface area (Å²) in [6, 6.07) is 7.63. The van der Waals surface area contributed by atoms with Gasteiger partial charge in [0.15, 0.2) is 0 Å². The van der Waals surface area contributed by atoms with Gasteiger partial charge in [-0.1, -0.05) is 38.1 Å². The van der Waals surface area contributed by atoms with E-state index in [4.69, 9.17) is 5.73 Å². The van der Waals surface area contributed by atoms with Gasteiger partial charge >= 0.3 is 0 Å². The summed E-state index contributed by atoms with van der Waals surface area (Å²) < 4.78 is 0. The molecule has 2 amide bonds. The molecule has 0 radical (unpaired) electrons. The molecule has 0 spiro atoms. The zero-order valence-corrected chi connectivity index (χ0v) is 10.8. The molecule has 0 unspecified atom stereocenters. The molecule has 4 heteroatoms. The number of nitrogens with zero attached hydrogens (tertiary/aromatic N) is 1. The molecule has 1 fully saturated rings. The minimum absolute atomic E-state index is 0.0978. The van der Waals surface area contributed by atoms with Crippen LogP contribution >= 0.6 is 0 Å². The van der Waals surface area contributed by atoms with E-state index >= 15 is 0 Å². The Bertz CT molecular complexity index is 494. The Morgan fingerprint density at radius 2 is 1.83 bits per heavy atom. The van der Waals surface area contributed by atoms with Gasteiger partial charge in [-0.3, -0.25) is 14.5 Å². The second-order valence-corrected chi connectivity index (χ2v) is 5.32. The van der Waals surface area contributed by atoms with E-state index < -0.39 is 5.41 Å². The van der Waals surface area contributed by atoms with Gasteiger partial charge in [-0.05, 0) is 11.1 Å². The van der Waals surface area contributed by atoms with E-state index in [1.165, 1.54) is 4.90 Å². The molecule has 2 rings (SSSR count). The minimum Gasteiger partial charge on any atom is -0.326 e. The minimum atomic E-state index is -0.575. The normalized spacial score (nSPS) is 18.5. The van der Waals surface area contributed by atoms with Crippen LogP contribution in [0, 0.1) is 5.41 Å². The lowest BCUT2D eigenvalue weighted by Crippen LogP contribution is -2.32. The molecule has 1 aliphatic heterocycles. The van der Waals surface area contributed by atoms with Crippen LogP contribution in [0.25, 0.3) is 0 Å². The fourth-order valence-corrected chi connectivity index (χ4v) is 2.27. The van der Waals surface area contributed by atoms with Gasteiger partial charge in [-0.25, -0.2) is 0 Å². The third-order valence-electron chi connectivity index (χ3n) is 3.39. The van der Waals surface area contributed by atoms with Crippen molar-refractivity contribution in [2.45, 2.75) is 33.4 Å². The molecule has 0 atom stereocenters. The SMILES string of the molecule is CC1(C)CC(=O)N(Cc2ccccc2CN)C1=O. The zero-order chi connectivity index (χ0) is 13.3. The predicted octanol–water partition coefficient (Wildman–Crippen LogP) is 1.43. The Labute approximate surface area is 107 Å². The third kappa shape index (κ3) is 2.16. The number of hydrogen-bond acceptors (Lipinski definition) is 3. The average Bonchev–Trinajstić information content (AvgIpc) is 2.52. The summed E-state index contributed by atoms with van der Waals surface area (Å²) in [6.07, 6.45) is 0.288. The lowest BCUT2D eigenvalue weighted by Gasteiger charge is -2.19. The molecule has 0 bridgehead atoms. The van der Waals surface area contributed by atoms with Crippen molar-refractivity contribution in [1.29, 1.82) is 0 Å². The van der Waals surface area contributed by atoms with Crippen LogP contribution in [0.3, 0.4) is 0 Å². The summed E-state index contributed by atoms with van der Waals surface area (Å²) >= 11 is 0. The first-order chi connectivity index (χ1) is 8.45. The summed E-state index contributed by atoms with van der Waals surface area (Å²) in [7, 11) is 0. The van der Waals surface area contributed by atoms with Crippen molar-refractivity contribution >= 4 is 11.8 Å². The molecule has 1 heterocycles. The van der Waals surface area contributed by atoms with E-state index in [-0.39, 0.29) is 18.2 Å². The molecule has 1 aliphatic rings. The Hall–Kier alpha value is -1.68. The Morgan fingerprint density at radius 3 is 2.33 bits per heavy atom. The number of carbonyl (C=O) groups excluding carboxylic acids is 2. The van der Waals surface area contributed by atoms with Gasteiger partial charge in [0.25, 0.3) is 0 Å². The summed E-state index contributed by atoms with van der Waals surface area (Å²) in [6.45, 7) is 4.36. The quantitative estimate of drug-likeness (QED) is 0.821. The number of rotatable bonds is 3. The molecule has 0 aromatic heterocycles. The van der Waals surface area contributed by atoms with Gasteiger partial charge in [0.2, 0.25) is 11.8 Å². The van der Waals surface area contributed by atoms with Gasteiger partial charge < -0.3 is 5.73 Å². The largest absolute Gasteiger partial charge is 0.326 e. The second kappa shape index (κ2) is 4.53. The van der Waals surface area contributed by atoms with Crippen LogP contribution in [0.4, 0.5) is 0 Å². The highest BCUT2D eigenvalue weighted by molar-refractivity contribution is 6.05. The molecule has 1 aromatic carbocycles. The molecule has 18 heavy (non-hydrogen) atoms. The van der Waals surface area contributed by atoms with Gasteiger partial charge in [0.05, 0.1) is 12.0 Å². The van der Waals surface area contributed by atoms with Crippen molar-refractivity contribution in [3.63, 3.8) is 0 Å². The Balaban J connectivity index is 2.24. The molecule has 4 nitrogen and oxygen atoms in total. The van der Waals surface area contributed by atoms with E-state index in [9.17, 15) is 9.59 Å². The average molecular weight is 246 g/mol. The van der Waals surface area contributed by atoms with Crippen molar-refractivity contribution in [2.75, 3.05) is 0 Å². The first-order valence-electron chi connectivity index (χ1n) is 6.07. The molecule has 2 N–H and O–H groups in total. The van der Waals surface area contributed by atoms with E-state index in [0.717, 1.165) is 11.1 Å². The van der Waals surface area contributed by atoms with Crippen LogP contribution < -0.4 is 5.73 Å². The molecular weight excluding hydrogens is 228 g/mol. The number of carbonyl (C=O) groups is 2. The summed E-state index contributed by atoms with van der Waals surface area (Å²) in [4.78, 5) is 25.3. The van der Waals surface area contributed by atoms with E-state index in [1.807, 2.05) is 38.1 Å². The number of hydrogen-bond donors (Lipinski definition) is 1. The van der Waals surface area contributed by atoms with Gasteiger partial charge in [-0.15, -0.1) is 0 Å². The first-order valence-corrected chi connectivity index (χ1v) is 6.07. The van der Waals surface area contributed by atoms with E-state index in [0.29, 0.717) is 13.1 Å². The van der Waals surface area contributed by atoms with Crippen molar-refractivity contribution in [2.24, 2.45) is 11.1 Å². The van der Waals surface area contributed by atoms with E-state index in [2.05, 4.69) is 0 Å². The number of amides is 2. The van der Waals surface area contributed by atoms with Crippen LogP contribution in [0.15, 0.2) is 24.3 Å². The Kier molecular flexibility index (Phi) is 3.22. The maximum Gasteiger partial charge on any atom is 0.235 e. The Morgan fingerprint density at radius 1 is 1.22 bits per heavy atom. The highest BCUT2D eigenvalue weighted by atomic mass is 16.2. The maximum absolute atomic E-state index is 12.1. The van der Waals surface area contributed by atoms with Crippen LogP contribution in [-0.4, -0.2) is 16.7 Å². The smallest absolute Gasteiger partial charge is 0.235 e. The van der Waals surface area contributed by atoms with Crippen LogP contribution in [-0.2, 0) is 22.7 Å². The second-order valence-electron chi connectivity index (χ2n) is 5.32. The number of benzene rings is 1. The van der Waals surface area contributed by atoms with Crippen LogP contribution in [0.2, 0.25) is 0 Å². The molecule has 1 aromatic rings. The third-order valence-corrected chi connectivity index (χ3v) is 3.39. The van der Waals surface area contributed by atoms with Crippen molar-refractivity contribution < 1.29 is 9.59 Å². The highest BCUT2D eigenvalue weighted by Crippen LogP contribution is 2.32. The number of imide groups is 1. The number of likely N-dealkylation sites (tertiary alicyclic amines) is 1. The highest BCUT2D eigenvalue weighted by Gasteiger charge is 2.44. The molecule has 1 saturated heterocycles. The molecule has 0 aliphatic carbocycles. The summed E-state index contributed by atoms with van der Waals surface area (Å²) in [5.41, 5.74) is 7.00. The van der Waals surface area contributed by atoms with Crippen molar-refractivity contribution in [3.8, 4) is 0 Å². The topological polar surface area (TPSA) is 63.4 Å². The van der Waals surface area contributed by atoms with Crippen LogP contribution in [0.5, 0.6) is 0 Å². The molecular formula is C14H18N2O2. The van der Waals surface area contributed by atoms with Crippen molar-refractivity contribution in [3.05, 3.63) is 35.4 Å². The monoisotopic (exact) mass is 246 g/mol. The maximum atomic E-state index is 12.1.